The quantitative estimate of drug-likeness (QED) is 0.299. The van der Waals surface area contributed by atoms with Crippen LogP contribution in [-0.2, 0) is 30.3 Å². The molecule has 1 rings (SSSR count). The zero-order valence-electron chi connectivity index (χ0n) is 17.1. The number of carbonyl (C=O) groups excluding carboxylic acids is 3. The first-order chi connectivity index (χ1) is 14.6. The first-order valence-electron chi connectivity index (χ1n) is 9.76. The molecular weight excluding hydrogens is 525 g/mol. The number of ketones is 2. The maximum Gasteiger partial charge on any atom is 0.408 e. The Bertz CT molecular complexity index is 793. The number of carbonyl (C=O) groups is 5. The van der Waals surface area contributed by atoms with Crippen molar-refractivity contribution in [2.45, 2.75) is 64.0 Å². The van der Waals surface area contributed by atoms with Crippen molar-refractivity contribution < 1.29 is 38.9 Å². The highest BCUT2D eigenvalue weighted by Crippen LogP contribution is 2.12. The molecule has 0 aliphatic rings. The monoisotopic (exact) mass is 551 g/mol. The van der Waals surface area contributed by atoms with Crippen LogP contribution < -0.4 is 5.32 Å². The molecule has 1 amide bonds. The summed E-state index contributed by atoms with van der Waals surface area (Å²) in [6.07, 6.45) is -1.68. The second-order valence-corrected chi connectivity index (χ2v) is 8.31. The molecule has 9 nitrogen and oxygen atoms in total. The molecular formula is C21H26INO8. The summed E-state index contributed by atoms with van der Waals surface area (Å²) in [5.74, 6) is -3.19. The van der Waals surface area contributed by atoms with Crippen molar-refractivity contribution in [1.82, 2.24) is 5.32 Å². The van der Waals surface area contributed by atoms with Crippen LogP contribution in [0, 0.1) is 3.57 Å². The van der Waals surface area contributed by atoms with E-state index in [9.17, 15) is 29.1 Å². The van der Waals surface area contributed by atoms with E-state index < -0.39 is 30.2 Å². The van der Waals surface area contributed by atoms with Gasteiger partial charge in [-0.15, -0.1) is 0 Å². The van der Waals surface area contributed by atoms with Crippen LogP contribution in [0.4, 0.5) is 4.79 Å². The third kappa shape index (κ3) is 11.5. The van der Waals surface area contributed by atoms with E-state index in [-0.39, 0.29) is 43.7 Å². The summed E-state index contributed by atoms with van der Waals surface area (Å²) in [7, 11) is 0. The Kier molecular flexibility index (Phi) is 11.8. The summed E-state index contributed by atoms with van der Waals surface area (Å²) in [4.78, 5) is 57.4. The number of Topliss-reactive ketones (excluding diaryl/α,β-unsaturated/α-hetero) is 2. The highest BCUT2D eigenvalue weighted by atomic mass is 131. The van der Waals surface area contributed by atoms with Gasteiger partial charge < -0.3 is 25.1 Å². The zero-order valence-corrected chi connectivity index (χ0v) is 19.3. The lowest BCUT2D eigenvalue weighted by Crippen LogP contribution is -2.43. The Hall–Kier alpha value is -2.50. The maximum atomic E-state index is 12.1. The van der Waals surface area contributed by atoms with E-state index in [4.69, 9.17) is 9.84 Å². The molecule has 31 heavy (non-hydrogen) atoms. The molecule has 10 heteroatoms. The largest absolute Gasteiger partial charge is 0.480 e. The van der Waals surface area contributed by atoms with Crippen molar-refractivity contribution >= 4 is 52.2 Å². The Morgan fingerprint density at radius 2 is 1.61 bits per heavy atom. The Morgan fingerprint density at radius 1 is 0.968 bits per heavy atom. The third-order valence-electron chi connectivity index (χ3n) is 4.42. The molecule has 170 valence electrons. The number of aliphatic carboxylic acids is 2. The van der Waals surface area contributed by atoms with Crippen LogP contribution in [0.2, 0.25) is 0 Å². The van der Waals surface area contributed by atoms with Crippen molar-refractivity contribution in [3.63, 3.8) is 0 Å². The number of alkyl carbamates (subject to hydrolysis) is 1. The topological polar surface area (TPSA) is 147 Å². The van der Waals surface area contributed by atoms with Crippen LogP contribution in [0.1, 0.15) is 51.0 Å². The molecule has 0 fully saturated rings. The molecule has 0 spiro atoms. The lowest BCUT2D eigenvalue weighted by Gasteiger charge is -2.17. The van der Waals surface area contributed by atoms with Gasteiger partial charge in [-0.05, 0) is 66.5 Å². The van der Waals surface area contributed by atoms with Crippen molar-refractivity contribution in [3.05, 3.63) is 33.4 Å². The highest BCUT2D eigenvalue weighted by molar-refractivity contribution is 14.1. The van der Waals surface area contributed by atoms with Gasteiger partial charge in [0.2, 0.25) is 6.10 Å². The summed E-state index contributed by atoms with van der Waals surface area (Å²) >= 11 is 2.21. The molecule has 3 N–H and O–H groups in total. The van der Waals surface area contributed by atoms with Crippen LogP contribution >= 0.6 is 22.6 Å². The van der Waals surface area contributed by atoms with E-state index in [2.05, 4.69) is 22.6 Å². The van der Waals surface area contributed by atoms with Crippen molar-refractivity contribution in [2.24, 2.45) is 0 Å². The maximum absolute atomic E-state index is 12.1. The molecule has 0 aromatic heterocycles. The van der Waals surface area contributed by atoms with E-state index >= 15 is 0 Å². The van der Waals surface area contributed by atoms with Crippen LogP contribution in [0.15, 0.2) is 24.3 Å². The predicted molar refractivity (Wildman–Crippen MR) is 119 cm³/mol. The van der Waals surface area contributed by atoms with Gasteiger partial charge in [-0.3, -0.25) is 4.79 Å². The van der Waals surface area contributed by atoms with Gasteiger partial charge in [0.05, 0.1) is 0 Å². The summed E-state index contributed by atoms with van der Waals surface area (Å²) < 4.78 is 5.90. The number of ether oxygens (including phenoxy) is 1. The highest BCUT2D eigenvalue weighted by Gasteiger charge is 2.26. The number of amides is 1. The van der Waals surface area contributed by atoms with Crippen molar-refractivity contribution in [3.8, 4) is 0 Å². The fourth-order valence-corrected chi connectivity index (χ4v) is 3.06. The molecule has 0 aliphatic heterocycles. The minimum Gasteiger partial charge on any atom is -0.480 e. The molecule has 2 atom stereocenters. The average Bonchev–Trinajstić information content (AvgIpc) is 2.69. The van der Waals surface area contributed by atoms with E-state index in [0.717, 1.165) is 15.6 Å². The van der Waals surface area contributed by atoms with Gasteiger partial charge in [-0.25, -0.2) is 14.4 Å². The van der Waals surface area contributed by atoms with Crippen LogP contribution in [0.5, 0.6) is 0 Å². The minimum absolute atomic E-state index is 0.0592. The Labute approximate surface area is 193 Å². The lowest BCUT2D eigenvalue weighted by molar-refractivity contribution is -0.147. The van der Waals surface area contributed by atoms with Gasteiger partial charge >= 0.3 is 18.0 Å². The summed E-state index contributed by atoms with van der Waals surface area (Å²) in [5, 5.41) is 20.4. The van der Waals surface area contributed by atoms with Crippen LogP contribution in [0.3, 0.4) is 0 Å². The average molecular weight is 551 g/mol. The molecule has 0 aliphatic carbocycles. The number of hydrogen-bond acceptors (Lipinski definition) is 6. The van der Waals surface area contributed by atoms with E-state index in [1.165, 1.54) is 6.92 Å². The van der Waals surface area contributed by atoms with Gasteiger partial charge in [0.25, 0.3) is 0 Å². The van der Waals surface area contributed by atoms with E-state index in [1.54, 1.807) is 0 Å². The number of nitrogens with one attached hydrogen (secondary N) is 1. The standard InChI is InChI=1S/C21H26INO8/c1-13(24)5-11-17(19(26)27)23-21(30)31-18(20(28)29)12-10-16(25)4-2-3-14-6-8-15(22)9-7-14/h6-9,17-18H,2-5,10-12H2,1H3,(H,23,30)(H,26,27)(H,28,29)/t17-,18-/m0/s1/i22+4. The fourth-order valence-electron chi connectivity index (χ4n) is 2.70. The number of halogens is 1. The molecule has 1 aromatic rings. The van der Waals surface area contributed by atoms with Gasteiger partial charge in [-0.2, -0.15) is 0 Å². The molecule has 0 bridgehead atoms. The predicted octanol–water partition coefficient (Wildman–Crippen LogP) is 2.97. The molecule has 0 saturated heterocycles. The van der Waals surface area contributed by atoms with E-state index in [1.807, 2.05) is 29.6 Å². The molecule has 1 aromatic carbocycles. The minimum atomic E-state index is -1.58. The summed E-state index contributed by atoms with van der Waals surface area (Å²) in [6, 6.07) is 6.55. The number of benzene rings is 1. The Morgan fingerprint density at radius 3 is 2.16 bits per heavy atom. The second kappa shape index (κ2) is 13.7. The third-order valence-corrected chi connectivity index (χ3v) is 5.14. The lowest BCUT2D eigenvalue weighted by atomic mass is 10.0. The number of hydrogen-bond donors (Lipinski definition) is 3. The van der Waals surface area contributed by atoms with Crippen molar-refractivity contribution in [1.29, 1.82) is 0 Å². The number of carboxylic acid groups (broad SMARTS) is 2. The second-order valence-electron chi connectivity index (χ2n) is 7.07. The van der Waals surface area contributed by atoms with Gasteiger partial charge in [-0.1, -0.05) is 12.1 Å². The SMILES string of the molecule is CC(=O)CC[C@H](NC(=O)O[C@@H](CCC(=O)CCCc1ccc([131I])cc1)C(=O)O)C(=O)O. The zero-order chi connectivity index (χ0) is 23.4. The first kappa shape index (κ1) is 26.5. The molecule has 0 radical (unpaired) electrons. The summed E-state index contributed by atoms with van der Waals surface area (Å²) in [6.45, 7) is 1.29. The van der Waals surface area contributed by atoms with E-state index in [0.29, 0.717) is 6.42 Å². The summed E-state index contributed by atoms with van der Waals surface area (Å²) in [5.41, 5.74) is 1.11. The van der Waals surface area contributed by atoms with Crippen LogP contribution in [-0.4, -0.2) is 52.0 Å². The molecule has 0 heterocycles. The van der Waals surface area contributed by atoms with Crippen LogP contribution in [0.25, 0.3) is 0 Å². The molecule has 0 unspecified atom stereocenters. The van der Waals surface area contributed by atoms with Gasteiger partial charge in [0.1, 0.15) is 17.6 Å². The number of aryl methyl sites for hydroxylation is 1. The smallest absolute Gasteiger partial charge is 0.408 e. The number of carboxylic acids is 2. The van der Waals surface area contributed by atoms with Gasteiger partial charge in [0, 0.05) is 29.3 Å². The molecule has 0 saturated carbocycles. The normalized spacial score (nSPS) is 12.5. The fraction of sp³-hybridized carbons (Fsp3) is 0.476. The Balaban J connectivity index is 2.44. The van der Waals surface area contributed by atoms with Crippen molar-refractivity contribution in [2.75, 3.05) is 0 Å². The number of rotatable bonds is 14. The van der Waals surface area contributed by atoms with Gasteiger partial charge in [0.15, 0.2) is 0 Å². The first-order valence-corrected chi connectivity index (χ1v) is 10.8.